The second-order valence-electron chi connectivity index (χ2n) is 4.11. The molecule has 0 spiro atoms. The highest BCUT2D eigenvalue weighted by molar-refractivity contribution is 5.98. The molecule has 1 aromatic rings. The molecule has 0 bridgehead atoms. The molecule has 3 rings (SSSR count). The van der Waals surface area contributed by atoms with E-state index in [0.717, 1.165) is 11.3 Å². The first-order valence-corrected chi connectivity index (χ1v) is 5.47. The summed E-state index contributed by atoms with van der Waals surface area (Å²) in [6.07, 6.45) is 5.00. The number of ether oxygens (including phenoxy) is 1. The number of ketones is 1. The number of allylic oxidation sites excluding steroid dienone is 3. The van der Waals surface area contributed by atoms with Gasteiger partial charge in [-0.05, 0) is 17.2 Å². The van der Waals surface area contributed by atoms with Crippen LogP contribution in [0.4, 0.5) is 0 Å². The normalized spacial score (nSPS) is 18.6. The number of benzene rings is 1. The molecule has 0 fully saturated rings. The fraction of sp³-hybridized carbons (Fsp3) is 0.214. The third-order valence-electron chi connectivity index (χ3n) is 3.08. The fourth-order valence-corrected chi connectivity index (χ4v) is 2.17. The van der Waals surface area contributed by atoms with Gasteiger partial charge in [-0.25, -0.2) is 0 Å². The molecule has 0 N–H and O–H groups in total. The third-order valence-corrected chi connectivity index (χ3v) is 3.08. The average molecular weight is 212 g/mol. The molecule has 2 heteroatoms. The minimum absolute atomic E-state index is 0.189. The highest BCUT2D eigenvalue weighted by Crippen LogP contribution is 2.27. The van der Waals surface area contributed by atoms with Crippen LogP contribution in [0.2, 0.25) is 0 Å². The molecule has 0 atom stereocenters. The predicted octanol–water partition coefficient (Wildman–Crippen LogP) is 2.54. The van der Waals surface area contributed by atoms with Crippen LogP contribution < -0.4 is 0 Å². The molecule has 2 nitrogen and oxygen atoms in total. The molecular weight excluding hydrogens is 200 g/mol. The standard InChI is InChI=1S/C14H12O2/c15-13-6-3-7-14-12(13)8-10-4-1-2-5-11(10)9-16-14/h1-5,7H,6,8-9H2. The van der Waals surface area contributed by atoms with Crippen molar-refractivity contribution in [2.45, 2.75) is 19.4 Å². The molecule has 80 valence electrons. The lowest BCUT2D eigenvalue weighted by atomic mass is 9.94. The molecule has 1 aliphatic heterocycles. The Morgan fingerprint density at radius 3 is 2.81 bits per heavy atom. The third kappa shape index (κ3) is 1.47. The van der Waals surface area contributed by atoms with Gasteiger partial charge in [0.2, 0.25) is 0 Å². The van der Waals surface area contributed by atoms with Gasteiger partial charge in [0.25, 0.3) is 0 Å². The SMILES string of the molecule is O=C1CC=CC2=C1Cc1ccccc1CO2. The van der Waals surface area contributed by atoms with E-state index < -0.39 is 0 Å². The number of hydrogen-bond donors (Lipinski definition) is 0. The molecule has 0 saturated carbocycles. The van der Waals surface area contributed by atoms with Crippen molar-refractivity contribution < 1.29 is 9.53 Å². The Bertz CT molecular complexity index is 509. The Morgan fingerprint density at radius 1 is 1.12 bits per heavy atom. The van der Waals surface area contributed by atoms with E-state index in [1.165, 1.54) is 11.1 Å². The summed E-state index contributed by atoms with van der Waals surface area (Å²) in [5.74, 6) is 0.946. The summed E-state index contributed by atoms with van der Waals surface area (Å²) in [6, 6.07) is 8.14. The van der Waals surface area contributed by atoms with Gasteiger partial charge in [-0.15, -0.1) is 0 Å². The largest absolute Gasteiger partial charge is 0.488 e. The van der Waals surface area contributed by atoms with Crippen molar-refractivity contribution in [1.29, 1.82) is 0 Å². The lowest BCUT2D eigenvalue weighted by molar-refractivity contribution is -0.115. The number of hydrogen-bond acceptors (Lipinski definition) is 2. The summed E-state index contributed by atoms with van der Waals surface area (Å²) in [7, 11) is 0. The zero-order valence-corrected chi connectivity index (χ0v) is 8.90. The van der Waals surface area contributed by atoms with Crippen LogP contribution in [0.1, 0.15) is 17.5 Å². The summed E-state index contributed by atoms with van der Waals surface area (Å²) < 4.78 is 5.68. The number of carbonyl (C=O) groups is 1. The first-order chi connectivity index (χ1) is 7.84. The van der Waals surface area contributed by atoms with Crippen LogP contribution in [0.3, 0.4) is 0 Å². The van der Waals surface area contributed by atoms with Gasteiger partial charge in [0.05, 0.1) is 0 Å². The van der Waals surface area contributed by atoms with Gasteiger partial charge in [0.1, 0.15) is 12.4 Å². The van der Waals surface area contributed by atoms with Crippen LogP contribution >= 0.6 is 0 Å². The van der Waals surface area contributed by atoms with Gasteiger partial charge in [0.15, 0.2) is 5.78 Å². The Hall–Kier alpha value is -1.83. The second kappa shape index (κ2) is 3.63. The van der Waals surface area contributed by atoms with Gasteiger partial charge >= 0.3 is 0 Å². The molecule has 0 saturated heterocycles. The summed E-state index contributed by atoms with van der Waals surface area (Å²) in [5, 5.41) is 0. The highest BCUT2D eigenvalue weighted by atomic mass is 16.5. The summed E-state index contributed by atoms with van der Waals surface area (Å²) >= 11 is 0. The lowest BCUT2D eigenvalue weighted by Gasteiger charge is -2.11. The maximum absolute atomic E-state index is 11.8. The number of carbonyl (C=O) groups excluding carboxylic acids is 1. The molecule has 0 radical (unpaired) electrons. The van der Waals surface area contributed by atoms with E-state index in [1.54, 1.807) is 0 Å². The van der Waals surface area contributed by atoms with E-state index in [0.29, 0.717) is 19.4 Å². The smallest absolute Gasteiger partial charge is 0.166 e. The van der Waals surface area contributed by atoms with Gasteiger partial charge in [-0.1, -0.05) is 30.3 Å². The van der Waals surface area contributed by atoms with Crippen molar-refractivity contribution in [2.24, 2.45) is 0 Å². The molecule has 2 aliphatic rings. The molecule has 0 amide bonds. The Balaban J connectivity index is 2.06. The number of Topliss-reactive ketones (excluding diaryl/α,β-unsaturated/α-hetero) is 1. The van der Waals surface area contributed by atoms with E-state index in [2.05, 4.69) is 12.1 Å². The molecule has 1 heterocycles. The van der Waals surface area contributed by atoms with Gasteiger partial charge in [-0.2, -0.15) is 0 Å². The summed E-state index contributed by atoms with van der Waals surface area (Å²) in [5.41, 5.74) is 3.21. The topological polar surface area (TPSA) is 26.3 Å². The molecule has 1 aromatic carbocycles. The molecule has 0 aromatic heterocycles. The zero-order chi connectivity index (χ0) is 11.0. The Morgan fingerprint density at radius 2 is 1.94 bits per heavy atom. The minimum Gasteiger partial charge on any atom is -0.488 e. The van der Waals surface area contributed by atoms with E-state index in [9.17, 15) is 4.79 Å². The zero-order valence-electron chi connectivity index (χ0n) is 8.90. The first kappa shape index (κ1) is 9.40. The molecule has 16 heavy (non-hydrogen) atoms. The highest BCUT2D eigenvalue weighted by Gasteiger charge is 2.22. The maximum atomic E-state index is 11.8. The fourth-order valence-electron chi connectivity index (χ4n) is 2.17. The second-order valence-corrected chi connectivity index (χ2v) is 4.11. The monoisotopic (exact) mass is 212 g/mol. The molecular formula is C14H12O2. The predicted molar refractivity (Wildman–Crippen MR) is 60.7 cm³/mol. The van der Waals surface area contributed by atoms with Crippen molar-refractivity contribution in [3.63, 3.8) is 0 Å². The van der Waals surface area contributed by atoms with Crippen molar-refractivity contribution >= 4 is 5.78 Å². The first-order valence-electron chi connectivity index (χ1n) is 5.47. The van der Waals surface area contributed by atoms with Crippen molar-refractivity contribution in [2.75, 3.05) is 0 Å². The van der Waals surface area contributed by atoms with Gasteiger partial charge in [0, 0.05) is 18.4 Å². The Labute approximate surface area is 94.2 Å². The molecule has 0 unspecified atom stereocenters. The summed E-state index contributed by atoms with van der Waals surface area (Å²) in [4.78, 5) is 11.8. The van der Waals surface area contributed by atoms with Crippen LogP contribution in [0, 0.1) is 0 Å². The van der Waals surface area contributed by atoms with Crippen LogP contribution in [-0.2, 0) is 22.6 Å². The van der Waals surface area contributed by atoms with Crippen LogP contribution in [0.5, 0.6) is 0 Å². The quantitative estimate of drug-likeness (QED) is 0.660. The van der Waals surface area contributed by atoms with E-state index in [1.807, 2.05) is 24.3 Å². The van der Waals surface area contributed by atoms with E-state index in [-0.39, 0.29) is 5.78 Å². The van der Waals surface area contributed by atoms with Crippen LogP contribution in [0.25, 0.3) is 0 Å². The van der Waals surface area contributed by atoms with Crippen molar-refractivity contribution in [1.82, 2.24) is 0 Å². The minimum atomic E-state index is 0.189. The van der Waals surface area contributed by atoms with Gasteiger partial charge < -0.3 is 4.74 Å². The number of fused-ring (bicyclic) bond motifs is 1. The average Bonchev–Trinajstić information content (AvgIpc) is 2.50. The van der Waals surface area contributed by atoms with Crippen molar-refractivity contribution in [3.8, 4) is 0 Å². The van der Waals surface area contributed by atoms with E-state index >= 15 is 0 Å². The lowest BCUT2D eigenvalue weighted by Crippen LogP contribution is -2.10. The van der Waals surface area contributed by atoms with Gasteiger partial charge in [-0.3, -0.25) is 4.79 Å². The maximum Gasteiger partial charge on any atom is 0.166 e. The Kier molecular flexibility index (Phi) is 2.13. The van der Waals surface area contributed by atoms with Crippen LogP contribution in [-0.4, -0.2) is 5.78 Å². The molecule has 1 aliphatic carbocycles. The van der Waals surface area contributed by atoms with Crippen molar-refractivity contribution in [3.05, 3.63) is 58.9 Å². The number of rotatable bonds is 0. The van der Waals surface area contributed by atoms with E-state index in [4.69, 9.17) is 4.74 Å². The summed E-state index contributed by atoms with van der Waals surface area (Å²) in [6.45, 7) is 0.562. The van der Waals surface area contributed by atoms with Crippen LogP contribution in [0.15, 0.2) is 47.7 Å².